The zero-order valence-corrected chi connectivity index (χ0v) is 7.25. The van der Waals surface area contributed by atoms with E-state index in [0.717, 1.165) is 0 Å². The molecule has 6 heteroatoms. The molecule has 0 fully saturated rings. The summed E-state index contributed by atoms with van der Waals surface area (Å²) in [5.41, 5.74) is 4.41. The molecule has 0 spiro atoms. The molecule has 0 aliphatic carbocycles. The summed E-state index contributed by atoms with van der Waals surface area (Å²) in [6.07, 6.45) is 1.21. The van der Waals surface area contributed by atoms with Crippen molar-refractivity contribution in [1.82, 2.24) is 15.8 Å². The molecule has 2 N–H and O–H groups in total. The number of hydrogen-bond acceptors (Lipinski definition) is 4. The third-order valence-corrected chi connectivity index (χ3v) is 1.20. The van der Waals surface area contributed by atoms with Crippen molar-refractivity contribution < 1.29 is 14.0 Å². The lowest BCUT2D eigenvalue weighted by molar-refractivity contribution is -0.119. The van der Waals surface area contributed by atoms with E-state index in [1.54, 1.807) is 6.92 Å². The van der Waals surface area contributed by atoms with E-state index in [1.807, 2.05) is 0 Å². The number of aryl methyl sites for hydroxylation is 1. The Hall–Kier alpha value is -1.85. The highest BCUT2D eigenvalue weighted by molar-refractivity contribution is 5.93. The van der Waals surface area contributed by atoms with Gasteiger partial charge in [0.2, 0.25) is 5.91 Å². The van der Waals surface area contributed by atoms with Gasteiger partial charge in [-0.05, 0) is 0 Å². The van der Waals surface area contributed by atoms with Crippen molar-refractivity contribution in [2.45, 2.75) is 13.8 Å². The number of hydrogen-bond donors (Lipinski definition) is 2. The molecular formula is C7H9N3O3. The maximum Gasteiger partial charge on any atom is 0.291 e. The molecular weight excluding hydrogens is 174 g/mol. The maximum absolute atomic E-state index is 11.1. The molecule has 1 rings (SSSR count). The van der Waals surface area contributed by atoms with Crippen molar-refractivity contribution in [3.63, 3.8) is 0 Å². The molecule has 0 saturated carbocycles. The minimum Gasteiger partial charge on any atom is -0.448 e. The van der Waals surface area contributed by atoms with Gasteiger partial charge in [0, 0.05) is 13.8 Å². The molecule has 0 aromatic carbocycles. The molecule has 0 atom stereocenters. The van der Waals surface area contributed by atoms with Crippen molar-refractivity contribution in [3.05, 3.63) is 17.8 Å². The van der Waals surface area contributed by atoms with Crippen LogP contribution in [0.5, 0.6) is 0 Å². The second-order valence-electron chi connectivity index (χ2n) is 2.39. The number of carbonyl (C=O) groups is 2. The highest BCUT2D eigenvalue weighted by Gasteiger charge is 2.09. The molecule has 1 aromatic rings. The fraction of sp³-hybridized carbons (Fsp3) is 0.286. The fourth-order valence-electron chi connectivity index (χ4n) is 0.677. The SMILES string of the molecule is CC(=O)NNC(=O)c1coc(C)n1. The maximum atomic E-state index is 11.1. The number of hydrazine groups is 1. The van der Waals surface area contributed by atoms with Crippen LogP contribution in [0.3, 0.4) is 0 Å². The van der Waals surface area contributed by atoms with Gasteiger partial charge in [-0.3, -0.25) is 20.4 Å². The van der Waals surface area contributed by atoms with Gasteiger partial charge >= 0.3 is 0 Å². The van der Waals surface area contributed by atoms with Gasteiger partial charge in [0.05, 0.1) is 0 Å². The van der Waals surface area contributed by atoms with Gasteiger partial charge in [0.25, 0.3) is 5.91 Å². The minimum atomic E-state index is -0.507. The van der Waals surface area contributed by atoms with Crippen molar-refractivity contribution >= 4 is 11.8 Å². The Balaban J connectivity index is 2.54. The van der Waals surface area contributed by atoms with Crippen LogP contribution in [0, 0.1) is 6.92 Å². The molecule has 0 radical (unpaired) electrons. The minimum absolute atomic E-state index is 0.131. The average Bonchev–Trinajstić information content (AvgIpc) is 2.47. The quantitative estimate of drug-likeness (QED) is 0.588. The van der Waals surface area contributed by atoms with E-state index in [-0.39, 0.29) is 11.6 Å². The van der Waals surface area contributed by atoms with Crippen LogP contribution in [-0.4, -0.2) is 16.8 Å². The predicted octanol–water partition coefficient (Wildman–Crippen LogP) is -0.236. The number of rotatable bonds is 1. The lowest BCUT2D eigenvalue weighted by Crippen LogP contribution is -2.40. The highest BCUT2D eigenvalue weighted by atomic mass is 16.3. The molecule has 0 bridgehead atoms. The lowest BCUT2D eigenvalue weighted by Gasteiger charge is -2.00. The van der Waals surface area contributed by atoms with E-state index in [9.17, 15) is 9.59 Å². The number of amides is 2. The highest BCUT2D eigenvalue weighted by Crippen LogP contribution is 1.98. The van der Waals surface area contributed by atoms with Crippen LogP contribution in [-0.2, 0) is 4.79 Å². The van der Waals surface area contributed by atoms with Gasteiger partial charge in [-0.2, -0.15) is 0 Å². The van der Waals surface area contributed by atoms with Crippen LogP contribution in [0.25, 0.3) is 0 Å². The van der Waals surface area contributed by atoms with E-state index >= 15 is 0 Å². The number of oxazole rings is 1. The summed E-state index contributed by atoms with van der Waals surface area (Å²) in [4.78, 5) is 25.3. The molecule has 0 aliphatic heterocycles. The largest absolute Gasteiger partial charge is 0.448 e. The number of carbonyl (C=O) groups excluding carboxylic acids is 2. The summed E-state index contributed by atoms with van der Waals surface area (Å²) in [5.74, 6) is -0.464. The van der Waals surface area contributed by atoms with Crippen LogP contribution >= 0.6 is 0 Å². The van der Waals surface area contributed by atoms with Gasteiger partial charge in [0.1, 0.15) is 6.26 Å². The number of nitrogens with one attached hydrogen (secondary N) is 2. The Bertz CT molecular complexity index is 331. The molecule has 2 amide bonds. The van der Waals surface area contributed by atoms with Crippen molar-refractivity contribution in [2.75, 3.05) is 0 Å². The predicted molar refractivity (Wildman–Crippen MR) is 42.5 cm³/mol. The Morgan fingerprint density at radius 2 is 2.15 bits per heavy atom. The van der Waals surface area contributed by atoms with Gasteiger partial charge in [-0.15, -0.1) is 0 Å². The van der Waals surface area contributed by atoms with Crippen molar-refractivity contribution in [3.8, 4) is 0 Å². The monoisotopic (exact) mass is 183 g/mol. The van der Waals surface area contributed by atoms with E-state index in [1.165, 1.54) is 13.2 Å². The Morgan fingerprint density at radius 3 is 2.62 bits per heavy atom. The molecule has 70 valence electrons. The van der Waals surface area contributed by atoms with Crippen molar-refractivity contribution in [1.29, 1.82) is 0 Å². The fourth-order valence-corrected chi connectivity index (χ4v) is 0.677. The molecule has 1 aromatic heterocycles. The molecule has 0 aliphatic rings. The normalized spacial score (nSPS) is 9.38. The second kappa shape index (κ2) is 3.70. The molecule has 1 heterocycles. The van der Waals surface area contributed by atoms with Gasteiger partial charge in [-0.25, -0.2) is 4.98 Å². The molecule has 13 heavy (non-hydrogen) atoms. The standard InChI is InChI=1S/C7H9N3O3/c1-4(11)9-10-7(12)6-3-13-5(2)8-6/h3H,1-2H3,(H,9,11)(H,10,12). The topological polar surface area (TPSA) is 84.2 Å². The van der Waals surface area contributed by atoms with Crippen molar-refractivity contribution in [2.24, 2.45) is 0 Å². The van der Waals surface area contributed by atoms with E-state index in [4.69, 9.17) is 4.42 Å². The van der Waals surface area contributed by atoms with Crippen LogP contribution in [0.15, 0.2) is 10.7 Å². The summed E-state index contributed by atoms with van der Waals surface area (Å²) in [7, 11) is 0. The third-order valence-electron chi connectivity index (χ3n) is 1.20. The number of aromatic nitrogens is 1. The average molecular weight is 183 g/mol. The summed E-state index contributed by atoms with van der Waals surface area (Å²) in [6.45, 7) is 2.91. The van der Waals surface area contributed by atoms with E-state index in [2.05, 4.69) is 15.8 Å². The first-order valence-electron chi connectivity index (χ1n) is 3.58. The Kier molecular flexibility index (Phi) is 2.63. The van der Waals surface area contributed by atoms with Gasteiger partial charge < -0.3 is 4.42 Å². The first-order valence-corrected chi connectivity index (χ1v) is 3.58. The zero-order valence-electron chi connectivity index (χ0n) is 7.25. The molecule has 0 saturated heterocycles. The molecule has 0 unspecified atom stereocenters. The lowest BCUT2D eigenvalue weighted by atomic mass is 10.5. The van der Waals surface area contributed by atoms with Gasteiger partial charge in [-0.1, -0.05) is 0 Å². The van der Waals surface area contributed by atoms with E-state index < -0.39 is 5.91 Å². The zero-order chi connectivity index (χ0) is 9.84. The Labute approximate surface area is 74.3 Å². The van der Waals surface area contributed by atoms with Crippen LogP contribution in [0.2, 0.25) is 0 Å². The summed E-state index contributed by atoms with van der Waals surface area (Å²) in [6, 6.07) is 0. The smallest absolute Gasteiger partial charge is 0.291 e. The summed E-state index contributed by atoms with van der Waals surface area (Å²) < 4.78 is 4.81. The molecule has 6 nitrogen and oxygen atoms in total. The van der Waals surface area contributed by atoms with E-state index in [0.29, 0.717) is 5.89 Å². The number of nitrogens with zero attached hydrogens (tertiary/aromatic N) is 1. The Morgan fingerprint density at radius 1 is 1.46 bits per heavy atom. The first-order chi connectivity index (χ1) is 6.09. The summed E-state index contributed by atoms with van der Waals surface area (Å²) in [5, 5.41) is 0. The van der Waals surface area contributed by atoms with Gasteiger partial charge in [0.15, 0.2) is 11.6 Å². The van der Waals surface area contributed by atoms with Crippen LogP contribution in [0.1, 0.15) is 23.3 Å². The second-order valence-corrected chi connectivity index (χ2v) is 2.39. The van der Waals surface area contributed by atoms with Crippen LogP contribution < -0.4 is 10.9 Å². The summed E-state index contributed by atoms with van der Waals surface area (Å²) >= 11 is 0. The van der Waals surface area contributed by atoms with Crippen LogP contribution in [0.4, 0.5) is 0 Å². The third kappa shape index (κ3) is 2.58. The first kappa shape index (κ1) is 9.24.